The SMILES string of the molecule is CCCCC/C=C/C/C=C/CCCCCCCCCC(=O)OC[C@H](COC(=O)CCCCCCCCCCCCCCCCCCCC)OC(=O)CCCCCCCCCCCCCCCCCCCC. The second-order valence-corrected chi connectivity index (χ2v) is 21.7. The fraction of sp³-hybridized carbons (Fsp3) is 0.892. The molecule has 6 heteroatoms. The monoisotopic (exact) mass is 999 g/mol. The van der Waals surface area contributed by atoms with E-state index in [1.54, 1.807) is 0 Å². The highest BCUT2D eigenvalue weighted by Crippen LogP contribution is 2.18. The summed E-state index contributed by atoms with van der Waals surface area (Å²) in [6.45, 7) is 6.68. The van der Waals surface area contributed by atoms with Gasteiger partial charge in [0, 0.05) is 19.3 Å². The third kappa shape index (κ3) is 58.7. The maximum Gasteiger partial charge on any atom is 0.306 e. The molecule has 0 saturated heterocycles. The molecule has 0 aliphatic heterocycles. The lowest BCUT2D eigenvalue weighted by Gasteiger charge is -2.18. The van der Waals surface area contributed by atoms with Gasteiger partial charge in [0.05, 0.1) is 0 Å². The standard InChI is InChI=1S/C65H122O6/c1-4-7-10-13-16-19-22-25-28-31-34-37-40-43-46-49-52-55-58-64(67)70-61-62(60-69-63(66)57-54-51-48-45-42-39-36-33-30-27-24-21-18-15-12-9-6-3)71-65(68)59-56-53-50-47-44-41-38-35-32-29-26-23-20-17-14-11-8-5-2/h18,21,27,30,62H,4-17,19-20,22-26,28-29,31-61H2,1-3H3/b21-18+,30-27+/t62-/m1/s1. The minimum Gasteiger partial charge on any atom is -0.462 e. The molecule has 0 fully saturated rings. The fourth-order valence-corrected chi connectivity index (χ4v) is 9.65. The molecule has 0 heterocycles. The second kappa shape index (κ2) is 60.4. The van der Waals surface area contributed by atoms with Crippen molar-refractivity contribution in [3.8, 4) is 0 Å². The predicted molar refractivity (Wildman–Crippen MR) is 307 cm³/mol. The van der Waals surface area contributed by atoms with Crippen LogP contribution in [0.5, 0.6) is 0 Å². The molecular formula is C65H122O6. The number of allylic oxidation sites excluding steroid dienone is 4. The molecule has 0 amide bonds. The van der Waals surface area contributed by atoms with Crippen LogP contribution in [-0.4, -0.2) is 37.2 Å². The highest BCUT2D eigenvalue weighted by molar-refractivity contribution is 5.71. The van der Waals surface area contributed by atoms with Gasteiger partial charge in [-0.25, -0.2) is 0 Å². The van der Waals surface area contributed by atoms with Crippen molar-refractivity contribution < 1.29 is 28.6 Å². The van der Waals surface area contributed by atoms with Crippen molar-refractivity contribution >= 4 is 17.9 Å². The van der Waals surface area contributed by atoms with Crippen LogP contribution in [0.1, 0.15) is 355 Å². The second-order valence-electron chi connectivity index (χ2n) is 21.7. The lowest BCUT2D eigenvalue weighted by Crippen LogP contribution is -2.30. The van der Waals surface area contributed by atoms with E-state index >= 15 is 0 Å². The van der Waals surface area contributed by atoms with Crippen molar-refractivity contribution in [2.45, 2.75) is 361 Å². The summed E-state index contributed by atoms with van der Waals surface area (Å²) in [4.78, 5) is 38.3. The summed E-state index contributed by atoms with van der Waals surface area (Å²) in [5, 5.41) is 0. The van der Waals surface area contributed by atoms with E-state index < -0.39 is 6.10 Å². The number of hydrogen-bond acceptors (Lipinski definition) is 6. The van der Waals surface area contributed by atoms with Crippen molar-refractivity contribution in [3.63, 3.8) is 0 Å². The van der Waals surface area contributed by atoms with Gasteiger partial charge in [0.15, 0.2) is 6.10 Å². The van der Waals surface area contributed by atoms with E-state index in [4.69, 9.17) is 14.2 Å². The van der Waals surface area contributed by atoms with Gasteiger partial charge in [0.1, 0.15) is 13.2 Å². The lowest BCUT2D eigenvalue weighted by molar-refractivity contribution is -0.167. The van der Waals surface area contributed by atoms with Gasteiger partial charge in [-0.05, 0) is 51.4 Å². The topological polar surface area (TPSA) is 78.9 Å². The Balaban J connectivity index is 4.32. The molecule has 0 unspecified atom stereocenters. The molecule has 0 N–H and O–H groups in total. The molecule has 0 aromatic heterocycles. The molecule has 0 bridgehead atoms. The number of esters is 3. The average Bonchev–Trinajstić information content (AvgIpc) is 3.37. The first-order valence-electron chi connectivity index (χ1n) is 31.8. The van der Waals surface area contributed by atoms with Gasteiger partial charge in [0.2, 0.25) is 0 Å². The summed E-state index contributed by atoms with van der Waals surface area (Å²) in [6.07, 6.45) is 71.7. The van der Waals surface area contributed by atoms with Crippen molar-refractivity contribution in [1.29, 1.82) is 0 Å². The largest absolute Gasteiger partial charge is 0.462 e. The normalized spacial score (nSPS) is 12.1. The smallest absolute Gasteiger partial charge is 0.306 e. The molecule has 0 saturated carbocycles. The summed E-state index contributed by atoms with van der Waals surface area (Å²) in [5.74, 6) is -0.847. The maximum absolute atomic E-state index is 12.9. The highest BCUT2D eigenvalue weighted by Gasteiger charge is 2.19. The number of rotatable bonds is 59. The molecule has 0 spiro atoms. The zero-order chi connectivity index (χ0) is 51.4. The molecule has 71 heavy (non-hydrogen) atoms. The quantitative estimate of drug-likeness (QED) is 0.0261. The maximum atomic E-state index is 12.9. The van der Waals surface area contributed by atoms with Gasteiger partial charge < -0.3 is 14.2 Å². The van der Waals surface area contributed by atoms with Crippen LogP contribution in [0.2, 0.25) is 0 Å². The minimum absolute atomic E-state index is 0.0675. The van der Waals surface area contributed by atoms with Crippen LogP contribution in [0, 0.1) is 0 Å². The zero-order valence-corrected chi connectivity index (χ0v) is 48.0. The molecular weight excluding hydrogens is 877 g/mol. The van der Waals surface area contributed by atoms with Crippen LogP contribution in [0.15, 0.2) is 24.3 Å². The van der Waals surface area contributed by atoms with Gasteiger partial charge in [-0.15, -0.1) is 0 Å². The van der Waals surface area contributed by atoms with Crippen LogP contribution in [0.3, 0.4) is 0 Å². The molecule has 0 aromatic carbocycles. The third-order valence-electron chi connectivity index (χ3n) is 14.5. The van der Waals surface area contributed by atoms with E-state index in [2.05, 4.69) is 45.1 Å². The van der Waals surface area contributed by atoms with Crippen LogP contribution in [0.25, 0.3) is 0 Å². The van der Waals surface area contributed by atoms with E-state index in [1.807, 2.05) is 0 Å². The van der Waals surface area contributed by atoms with E-state index in [1.165, 1.54) is 244 Å². The molecule has 1 atom stereocenters. The Labute approximate surface area is 443 Å². The first kappa shape index (κ1) is 68.9. The van der Waals surface area contributed by atoms with E-state index in [9.17, 15) is 14.4 Å². The van der Waals surface area contributed by atoms with Gasteiger partial charge in [0.25, 0.3) is 0 Å². The molecule has 0 aliphatic carbocycles. The number of carbonyl (C=O) groups excluding carboxylic acids is 3. The molecule has 0 aromatic rings. The van der Waals surface area contributed by atoms with Gasteiger partial charge >= 0.3 is 17.9 Å². The van der Waals surface area contributed by atoms with Crippen molar-refractivity contribution in [1.82, 2.24) is 0 Å². The Hall–Kier alpha value is -2.11. The minimum atomic E-state index is -0.770. The van der Waals surface area contributed by atoms with Gasteiger partial charge in [-0.3, -0.25) is 14.4 Å². The van der Waals surface area contributed by atoms with Crippen molar-refractivity contribution in [2.75, 3.05) is 13.2 Å². The van der Waals surface area contributed by atoms with Crippen LogP contribution in [0.4, 0.5) is 0 Å². The first-order chi connectivity index (χ1) is 35.0. The lowest BCUT2D eigenvalue weighted by atomic mass is 10.0. The zero-order valence-electron chi connectivity index (χ0n) is 48.0. The first-order valence-corrected chi connectivity index (χ1v) is 31.8. The number of ether oxygens (including phenoxy) is 3. The Bertz CT molecular complexity index is 1150. The summed E-state index contributed by atoms with van der Waals surface area (Å²) in [5.41, 5.74) is 0. The van der Waals surface area contributed by atoms with E-state index in [0.717, 1.165) is 70.6 Å². The van der Waals surface area contributed by atoms with Crippen molar-refractivity contribution in [3.05, 3.63) is 24.3 Å². The van der Waals surface area contributed by atoms with Crippen molar-refractivity contribution in [2.24, 2.45) is 0 Å². The highest BCUT2D eigenvalue weighted by atomic mass is 16.6. The Morgan fingerprint density at radius 2 is 0.507 bits per heavy atom. The predicted octanol–water partition coefficient (Wildman–Crippen LogP) is 21.4. The fourth-order valence-electron chi connectivity index (χ4n) is 9.65. The van der Waals surface area contributed by atoms with Gasteiger partial charge in [-0.1, -0.05) is 308 Å². The Morgan fingerprint density at radius 3 is 0.803 bits per heavy atom. The third-order valence-corrected chi connectivity index (χ3v) is 14.5. The average molecular weight is 1000 g/mol. The molecule has 0 radical (unpaired) electrons. The van der Waals surface area contributed by atoms with Crippen LogP contribution in [-0.2, 0) is 28.6 Å². The molecule has 6 nitrogen and oxygen atoms in total. The van der Waals surface area contributed by atoms with Crippen LogP contribution >= 0.6 is 0 Å². The number of carbonyl (C=O) groups is 3. The summed E-state index contributed by atoms with van der Waals surface area (Å²) in [6, 6.07) is 0. The van der Waals surface area contributed by atoms with Gasteiger partial charge in [-0.2, -0.15) is 0 Å². The van der Waals surface area contributed by atoms with Crippen LogP contribution < -0.4 is 0 Å². The summed E-state index contributed by atoms with van der Waals surface area (Å²) in [7, 11) is 0. The molecule has 0 aliphatic rings. The van der Waals surface area contributed by atoms with E-state index in [-0.39, 0.29) is 31.1 Å². The molecule has 418 valence electrons. The Kier molecular flexibility index (Phi) is 58.6. The number of unbranched alkanes of at least 4 members (excludes halogenated alkanes) is 44. The summed E-state index contributed by atoms with van der Waals surface area (Å²) >= 11 is 0. The molecule has 0 rings (SSSR count). The van der Waals surface area contributed by atoms with E-state index in [0.29, 0.717) is 19.3 Å². The number of hydrogen-bond donors (Lipinski definition) is 0. The Morgan fingerprint density at radius 1 is 0.282 bits per heavy atom. The summed E-state index contributed by atoms with van der Waals surface area (Å²) < 4.78 is 17.0.